The molecular formula is C18H30N2O. The van der Waals surface area contributed by atoms with E-state index >= 15 is 0 Å². The number of nitrogens with one attached hydrogen (secondary N) is 1. The first-order valence-corrected chi connectivity index (χ1v) is 8.23. The lowest BCUT2D eigenvalue weighted by Gasteiger charge is -2.30. The van der Waals surface area contributed by atoms with Gasteiger partial charge in [-0.2, -0.15) is 0 Å². The normalized spacial score (nSPS) is 21.5. The zero-order valence-electron chi connectivity index (χ0n) is 13.9. The van der Waals surface area contributed by atoms with Crippen molar-refractivity contribution in [1.29, 1.82) is 0 Å². The number of piperidine rings is 1. The van der Waals surface area contributed by atoms with Crippen LogP contribution in [0.15, 0.2) is 24.3 Å². The van der Waals surface area contributed by atoms with Crippen LogP contribution >= 0.6 is 0 Å². The van der Waals surface area contributed by atoms with Gasteiger partial charge in [0.15, 0.2) is 0 Å². The van der Waals surface area contributed by atoms with E-state index in [1.807, 2.05) is 6.07 Å². The maximum atomic E-state index is 5.78. The second-order valence-electron chi connectivity index (χ2n) is 6.64. The number of rotatable bonds is 6. The molecule has 0 radical (unpaired) electrons. The number of nitrogens with zero attached hydrogens (tertiary/aromatic N) is 1. The maximum absolute atomic E-state index is 5.78. The number of hydrogen-bond acceptors (Lipinski definition) is 3. The molecular weight excluding hydrogens is 260 g/mol. The van der Waals surface area contributed by atoms with Crippen LogP contribution in [0.25, 0.3) is 0 Å². The van der Waals surface area contributed by atoms with Gasteiger partial charge in [0.05, 0.1) is 6.10 Å². The Morgan fingerprint density at radius 1 is 1.33 bits per heavy atom. The van der Waals surface area contributed by atoms with Gasteiger partial charge in [-0.1, -0.05) is 12.1 Å². The van der Waals surface area contributed by atoms with E-state index in [0.717, 1.165) is 18.2 Å². The van der Waals surface area contributed by atoms with E-state index in [9.17, 15) is 0 Å². The SMILES string of the molecule is CC(C)Oc1cccc(C(C)NCC2CCCN(C)C2)c1. The van der Waals surface area contributed by atoms with Crippen LogP contribution in [-0.4, -0.2) is 37.7 Å². The Bertz CT molecular complexity index is 433. The fourth-order valence-corrected chi connectivity index (χ4v) is 3.03. The minimum Gasteiger partial charge on any atom is -0.491 e. The summed E-state index contributed by atoms with van der Waals surface area (Å²) in [5.74, 6) is 1.75. The smallest absolute Gasteiger partial charge is 0.120 e. The lowest BCUT2D eigenvalue weighted by Crippen LogP contribution is -2.37. The Kier molecular flexibility index (Phi) is 6.07. The molecule has 0 aliphatic carbocycles. The summed E-state index contributed by atoms with van der Waals surface area (Å²) in [5, 5.41) is 3.69. The van der Waals surface area contributed by atoms with Crippen LogP contribution in [0.1, 0.15) is 45.2 Å². The molecule has 3 nitrogen and oxygen atoms in total. The molecule has 0 aromatic heterocycles. The maximum Gasteiger partial charge on any atom is 0.120 e. The molecule has 0 bridgehead atoms. The van der Waals surface area contributed by atoms with Crippen molar-refractivity contribution in [2.24, 2.45) is 5.92 Å². The summed E-state index contributed by atoms with van der Waals surface area (Å²) < 4.78 is 5.78. The van der Waals surface area contributed by atoms with Gasteiger partial charge in [0, 0.05) is 12.6 Å². The van der Waals surface area contributed by atoms with Crippen LogP contribution < -0.4 is 10.1 Å². The highest BCUT2D eigenvalue weighted by Gasteiger charge is 2.17. The standard InChI is InChI=1S/C18H30N2O/c1-14(2)21-18-9-5-8-17(11-18)15(3)19-12-16-7-6-10-20(4)13-16/h5,8-9,11,14-16,19H,6-7,10,12-13H2,1-4H3. The summed E-state index contributed by atoms with van der Waals surface area (Å²) in [6.07, 6.45) is 2.90. The van der Waals surface area contributed by atoms with Crippen molar-refractivity contribution in [1.82, 2.24) is 10.2 Å². The molecule has 0 saturated carbocycles. The molecule has 1 aromatic carbocycles. The average molecular weight is 290 g/mol. The average Bonchev–Trinajstić information content (AvgIpc) is 2.44. The molecule has 1 aromatic rings. The molecule has 1 fully saturated rings. The third-order valence-electron chi connectivity index (χ3n) is 4.16. The van der Waals surface area contributed by atoms with Crippen LogP contribution in [0.5, 0.6) is 5.75 Å². The van der Waals surface area contributed by atoms with E-state index in [2.05, 4.69) is 56.2 Å². The van der Waals surface area contributed by atoms with Gasteiger partial charge in [0.2, 0.25) is 0 Å². The minimum atomic E-state index is 0.223. The van der Waals surface area contributed by atoms with Crippen LogP contribution in [-0.2, 0) is 0 Å². The number of likely N-dealkylation sites (tertiary alicyclic amines) is 1. The molecule has 21 heavy (non-hydrogen) atoms. The van der Waals surface area contributed by atoms with Crippen LogP contribution in [0.4, 0.5) is 0 Å². The third-order valence-corrected chi connectivity index (χ3v) is 4.16. The van der Waals surface area contributed by atoms with Crippen LogP contribution in [0.2, 0.25) is 0 Å². The third kappa shape index (κ3) is 5.33. The molecule has 2 unspecified atom stereocenters. The summed E-state index contributed by atoms with van der Waals surface area (Å²) in [4.78, 5) is 2.44. The molecule has 1 aliphatic heterocycles. The molecule has 0 spiro atoms. The topological polar surface area (TPSA) is 24.5 Å². The van der Waals surface area contributed by atoms with Gasteiger partial charge in [-0.15, -0.1) is 0 Å². The molecule has 1 heterocycles. The fourth-order valence-electron chi connectivity index (χ4n) is 3.03. The summed E-state index contributed by atoms with van der Waals surface area (Å²) in [6.45, 7) is 9.93. The van der Waals surface area contributed by atoms with Gasteiger partial charge < -0.3 is 15.0 Å². The van der Waals surface area contributed by atoms with Crippen LogP contribution in [0.3, 0.4) is 0 Å². The zero-order valence-corrected chi connectivity index (χ0v) is 13.9. The van der Waals surface area contributed by atoms with E-state index in [0.29, 0.717) is 6.04 Å². The fraction of sp³-hybridized carbons (Fsp3) is 0.667. The molecule has 2 atom stereocenters. The zero-order chi connectivity index (χ0) is 15.2. The summed E-state index contributed by atoms with van der Waals surface area (Å²) >= 11 is 0. The monoisotopic (exact) mass is 290 g/mol. The van der Waals surface area contributed by atoms with Gasteiger partial charge >= 0.3 is 0 Å². The van der Waals surface area contributed by atoms with Crippen molar-refractivity contribution < 1.29 is 4.74 Å². The second kappa shape index (κ2) is 7.81. The molecule has 3 heteroatoms. The van der Waals surface area contributed by atoms with Crippen LogP contribution in [0, 0.1) is 5.92 Å². The molecule has 1 saturated heterocycles. The molecule has 118 valence electrons. The van der Waals surface area contributed by atoms with E-state index < -0.39 is 0 Å². The van der Waals surface area contributed by atoms with Gasteiger partial charge in [-0.25, -0.2) is 0 Å². The van der Waals surface area contributed by atoms with Gasteiger partial charge in [0.25, 0.3) is 0 Å². The Balaban J connectivity index is 1.86. The number of ether oxygens (including phenoxy) is 1. The molecule has 1 N–H and O–H groups in total. The highest BCUT2D eigenvalue weighted by molar-refractivity contribution is 5.30. The quantitative estimate of drug-likeness (QED) is 0.868. The first-order valence-electron chi connectivity index (χ1n) is 8.23. The predicted molar refractivity (Wildman–Crippen MR) is 88.8 cm³/mol. The van der Waals surface area contributed by atoms with Gasteiger partial charge in [-0.05, 0) is 77.4 Å². The number of benzene rings is 1. The highest BCUT2D eigenvalue weighted by atomic mass is 16.5. The lowest BCUT2D eigenvalue weighted by molar-refractivity contribution is 0.203. The molecule has 2 rings (SSSR count). The van der Waals surface area contributed by atoms with Crippen molar-refractivity contribution in [2.45, 2.75) is 45.8 Å². The Hall–Kier alpha value is -1.06. The largest absolute Gasteiger partial charge is 0.491 e. The van der Waals surface area contributed by atoms with Crippen molar-refractivity contribution in [3.8, 4) is 5.75 Å². The second-order valence-corrected chi connectivity index (χ2v) is 6.64. The highest BCUT2D eigenvalue weighted by Crippen LogP contribution is 2.21. The summed E-state index contributed by atoms with van der Waals surface area (Å²) in [6, 6.07) is 8.82. The Morgan fingerprint density at radius 3 is 2.86 bits per heavy atom. The van der Waals surface area contributed by atoms with Crippen molar-refractivity contribution in [2.75, 3.05) is 26.7 Å². The van der Waals surface area contributed by atoms with Crippen molar-refractivity contribution in [3.63, 3.8) is 0 Å². The Morgan fingerprint density at radius 2 is 2.14 bits per heavy atom. The lowest BCUT2D eigenvalue weighted by atomic mass is 9.97. The first kappa shape index (κ1) is 16.3. The summed E-state index contributed by atoms with van der Waals surface area (Å²) in [5.41, 5.74) is 1.30. The number of hydrogen-bond donors (Lipinski definition) is 1. The van der Waals surface area contributed by atoms with Gasteiger partial charge in [0.1, 0.15) is 5.75 Å². The Labute approximate surface area is 129 Å². The minimum absolute atomic E-state index is 0.223. The summed E-state index contributed by atoms with van der Waals surface area (Å²) in [7, 11) is 2.22. The van der Waals surface area contributed by atoms with E-state index in [-0.39, 0.29) is 6.10 Å². The molecule has 0 amide bonds. The molecule has 1 aliphatic rings. The van der Waals surface area contributed by atoms with Crippen molar-refractivity contribution in [3.05, 3.63) is 29.8 Å². The van der Waals surface area contributed by atoms with Gasteiger partial charge in [-0.3, -0.25) is 0 Å². The van der Waals surface area contributed by atoms with Crippen molar-refractivity contribution >= 4 is 0 Å². The first-order chi connectivity index (χ1) is 10.0. The predicted octanol–water partition coefficient (Wildman–Crippen LogP) is 3.47. The van der Waals surface area contributed by atoms with E-state index in [4.69, 9.17) is 4.74 Å². The van der Waals surface area contributed by atoms with E-state index in [1.54, 1.807) is 0 Å². The van der Waals surface area contributed by atoms with E-state index in [1.165, 1.54) is 31.5 Å².